The van der Waals surface area contributed by atoms with E-state index in [-0.39, 0.29) is 35.7 Å². The maximum absolute atomic E-state index is 14.0. The van der Waals surface area contributed by atoms with Crippen molar-refractivity contribution in [2.75, 3.05) is 58.4 Å². The van der Waals surface area contributed by atoms with Crippen LogP contribution in [0, 0.1) is 5.41 Å². The standard InChI is InChI=1S/C28H43N5O3/c1-27(2,3)19-24(34)31-17-13-28(14-18-31)26(36)32(21-33(28)23-9-7-6-8-10-23)20-25(35)30(5)22-11-15-29(4)16-12-22/h6-10,22H,11-21H2,1-5H3. The molecule has 3 aliphatic rings. The summed E-state index contributed by atoms with van der Waals surface area (Å²) in [5.41, 5.74) is 0.202. The van der Waals surface area contributed by atoms with Crippen molar-refractivity contribution in [2.24, 2.45) is 5.41 Å². The van der Waals surface area contributed by atoms with Crippen LogP contribution in [-0.4, -0.2) is 102 Å². The number of piperidine rings is 2. The van der Waals surface area contributed by atoms with Crippen molar-refractivity contribution >= 4 is 23.4 Å². The molecule has 8 nitrogen and oxygen atoms in total. The third-order valence-corrected chi connectivity index (χ3v) is 8.16. The molecule has 3 heterocycles. The zero-order valence-electron chi connectivity index (χ0n) is 22.7. The Labute approximate surface area is 216 Å². The van der Waals surface area contributed by atoms with Gasteiger partial charge in [0.15, 0.2) is 0 Å². The van der Waals surface area contributed by atoms with E-state index in [0.29, 0.717) is 39.0 Å². The quantitative estimate of drug-likeness (QED) is 0.626. The van der Waals surface area contributed by atoms with Crippen molar-refractivity contribution in [2.45, 2.75) is 64.5 Å². The molecule has 198 valence electrons. The molecule has 3 fully saturated rings. The number of carbonyl (C=O) groups excluding carboxylic acids is 3. The number of benzene rings is 1. The van der Waals surface area contributed by atoms with Gasteiger partial charge in [-0.15, -0.1) is 0 Å². The Balaban J connectivity index is 1.49. The highest BCUT2D eigenvalue weighted by Crippen LogP contribution is 2.40. The van der Waals surface area contributed by atoms with Gasteiger partial charge in [-0.3, -0.25) is 14.4 Å². The number of rotatable bonds is 5. The summed E-state index contributed by atoms with van der Waals surface area (Å²) in [5, 5.41) is 0. The fraction of sp³-hybridized carbons (Fsp3) is 0.679. The Kier molecular flexibility index (Phi) is 7.64. The lowest BCUT2D eigenvalue weighted by Gasteiger charge is -2.43. The molecule has 0 N–H and O–H groups in total. The topological polar surface area (TPSA) is 67.4 Å². The molecule has 0 atom stereocenters. The molecule has 0 saturated carbocycles. The minimum Gasteiger partial charge on any atom is -0.342 e. The van der Waals surface area contributed by atoms with Crippen molar-refractivity contribution in [1.82, 2.24) is 19.6 Å². The Morgan fingerprint density at radius 1 is 1.03 bits per heavy atom. The SMILES string of the molecule is CN1CCC(N(C)C(=O)CN2CN(c3ccccc3)C3(CCN(C(=O)CC(C)(C)C)CC3)C2=O)CC1. The van der Waals surface area contributed by atoms with E-state index < -0.39 is 5.54 Å². The molecule has 0 aromatic heterocycles. The molecule has 0 unspecified atom stereocenters. The van der Waals surface area contributed by atoms with E-state index in [1.807, 2.05) is 47.2 Å². The van der Waals surface area contributed by atoms with Crippen LogP contribution in [0.2, 0.25) is 0 Å². The third kappa shape index (κ3) is 5.53. The minimum atomic E-state index is -0.716. The van der Waals surface area contributed by atoms with E-state index in [9.17, 15) is 14.4 Å². The summed E-state index contributed by atoms with van der Waals surface area (Å²) in [7, 11) is 3.99. The molecule has 8 heteroatoms. The van der Waals surface area contributed by atoms with Crippen molar-refractivity contribution < 1.29 is 14.4 Å². The molecule has 0 aliphatic carbocycles. The lowest BCUT2D eigenvalue weighted by molar-refractivity contribution is -0.143. The van der Waals surface area contributed by atoms with Crippen LogP contribution in [0.3, 0.4) is 0 Å². The van der Waals surface area contributed by atoms with Gasteiger partial charge in [0.2, 0.25) is 11.8 Å². The van der Waals surface area contributed by atoms with Crippen molar-refractivity contribution in [3.63, 3.8) is 0 Å². The second-order valence-electron chi connectivity index (χ2n) is 12.1. The zero-order chi connectivity index (χ0) is 26.1. The van der Waals surface area contributed by atoms with Crippen molar-refractivity contribution in [3.05, 3.63) is 30.3 Å². The van der Waals surface area contributed by atoms with Crippen LogP contribution in [0.5, 0.6) is 0 Å². The van der Waals surface area contributed by atoms with Gasteiger partial charge in [-0.05, 0) is 63.4 Å². The summed E-state index contributed by atoms with van der Waals surface area (Å²) >= 11 is 0. The van der Waals surface area contributed by atoms with Crippen molar-refractivity contribution in [1.29, 1.82) is 0 Å². The first kappa shape index (κ1) is 26.5. The van der Waals surface area contributed by atoms with Crippen LogP contribution in [0.1, 0.15) is 52.9 Å². The summed E-state index contributed by atoms with van der Waals surface area (Å²) in [6, 6.07) is 10.2. The minimum absolute atomic E-state index is 0.000700. The monoisotopic (exact) mass is 497 g/mol. The van der Waals surface area contributed by atoms with E-state index in [2.05, 4.69) is 37.6 Å². The smallest absolute Gasteiger partial charge is 0.250 e. The van der Waals surface area contributed by atoms with Gasteiger partial charge in [0.05, 0.1) is 6.67 Å². The molecule has 3 aliphatic heterocycles. The largest absolute Gasteiger partial charge is 0.342 e. The number of likely N-dealkylation sites (N-methyl/N-ethyl adjacent to an activating group) is 1. The van der Waals surface area contributed by atoms with E-state index in [0.717, 1.165) is 31.6 Å². The first-order chi connectivity index (χ1) is 17.0. The van der Waals surface area contributed by atoms with E-state index in [1.54, 1.807) is 4.90 Å². The highest BCUT2D eigenvalue weighted by Gasteiger charge is 2.54. The first-order valence-corrected chi connectivity index (χ1v) is 13.3. The molecule has 1 aromatic rings. The van der Waals surface area contributed by atoms with Gasteiger partial charge in [-0.25, -0.2) is 0 Å². The average molecular weight is 498 g/mol. The molecule has 1 aromatic carbocycles. The average Bonchev–Trinajstić information content (AvgIpc) is 3.10. The number of nitrogens with zero attached hydrogens (tertiary/aromatic N) is 5. The maximum Gasteiger partial charge on any atom is 0.250 e. The molecule has 36 heavy (non-hydrogen) atoms. The van der Waals surface area contributed by atoms with Gasteiger partial charge in [0, 0.05) is 38.3 Å². The number of amides is 3. The van der Waals surface area contributed by atoms with E-state index in [4.69, 9.17) is 0 Å². The van der Waals surface area contributed by atoms with Crippen LogP contribution in [0.4, 0.5) is 5.69 Å². The normalized spacial score (nSPS) is 21.4. The number of hydrogen-bond donors (Lipinski definition) is 0. The first-order valence-electron chi connectivity index (χ1n) is 13.3. The second-order valence-corrected chi connectivity index (χ2v) is 12.1. The maximum atomic E-state index is 14.0. The molecule has 3 saturated heterocycles. The summed E-state index contributed by atoms with van der Waals surface area (Å²) in [6.07, 6.45) is 3.58. The highest BCUT2D eigenvalue weighted by molar-refractivity contribution is 5.96. The third-order valence-electron chi connectivity index (χ3n) is 8.16. The molecular formula is C28H43N5O3. The van der Waals surface area contributed by atoms with Gasteiger partial charge in [-0.1, -0.05) is 39.0 Å². The van der Waals surface area contributed by atoms with Crippen LogP contribution in [0.15, 0.2) is 30.3 Å². The number of likely N-dealkylation sites (tertiary alicyclic amines) is 2. The second kappa shape index (κ2) is 10.4. The predicted octanol–water partition coefficient (Wildman–Crippen LogP) is 2.64. The summed E-state index contributed by atoms with van der Waals surface area (Å²) in [6.45, 7) is 9.80. The predicted molar refractivity (Wildman–Crippen MR) is 141 cm³/mol. The lowest BCUT2D eigenvalue weighted by Crippen LogP contribution is -2.57. The van der Waals surface area contributed by atoms with Crippen LogP contribution in [0.25, 0.3) is 0 Å². The van der Waals surface area contributed by atoms with Gasteiger partial charge >= 0.3 is 0 Å². The highest BCUT2D eigenvalue weighted by atomic mass is 16.2. The summed E-state index contributed by atoms with van der Waals surface area (Å²) in [4.78, 5) is 50.0. The number of para-hydroxylation sites is 1. The zero-order valence-corrected chi connectivity index (χ0v) is 22.7. The molecule has 0 radical (unpaired) electrons. The van der Waals surface area contributed by atoms with Gasteiger partial charge in [-0.2, -0.15) is 0 Å². The van der Waals surface area contributed by atoms with Crippen LogP contribution in [-0.2, 0) is 14.4 Å². The van der Waals surface area contributed by atoms with Gasteiger partial charge in [0.1, 0.15) is 12.1 Å². The summed E-state index contributed by atoms with van der Waals surface area (Å²) < 4.78 is 0. The van der Waals surface area contributed by atoms with E-state index >= 15 is 0 Å². The van der Waals surface area contributed by atoms with Gasteiger partial charge in [0.25, 0.3) is 5.91 Å². The Morgan fingerprint density at radius 3 is 2.22 bits per heavy atom. The molecule has 4 rings (SSSR count). The lowest BCUT2D eigenvalue weighted by atomic mass is 9.84. The number of carbonyl (C=O) groups is 3. The van der Waals surface area contributed by atoms with Crippen LogP contribution < -0.4 is 4.90 Å². The Bertz CT molecular complexity index is 944. The number of anilines is 1. The molecular weight excluding hydrogens is 454 g/mol. The fourth-order valence-corrected chi connectivity index (χ4v) is 5.87. The molecule has 3 amide bonds. The molecule has 1 spiro atoms. The Morgan fingerprint density at radius 2 is 1.64 bits per heavy atom. The molecule has 0 bridgehead atoms. The Hall–Kier alpha value is -2.61. The van der Waals surface area contributed by atoms with E-state index in [1.165, 1.54) is 0 Å². The fourth-order valence-electron chi connectivity index (χ4n) is 5.87. The van der Waals surface area contributed by atoms with Crippen LogP contribution >= 0.6 is 0 Å². The van der Waals surface area contributed by atoms with Gasteiger partial charge < -0.3 is 24.5 Å². The summed E-state index contributed by atoms with van der Waals surface area (Å²) in [5.74, 6) is 0.168. The van der Waals surface area contributed by atoms with Crippen molar-refractivity contribution in [3.8, 4) is 0 Å². The number of hydrogen-bond acceptors (Lipinski definition) is 5.